The van der Waals surface area contributed by atoms with E-state index >= 15 is 0 Å². The van der Waals surface area contributed by atoms with Crippen molar-refractivity contribution in [3.63, 3.8) is 0 Å². The van der Waals surface area contributed by atoms with Crippen molar-refractivity contribution in [2.75, 3.05) is 18.8 Å². The molecule has 0 aromatic heterocycles. The SMILES string of the molecule is Cc1ccc(S(=O)(=O)N(CC(C)C)CC(C)C)cc1N. The molecular formula is C15H26N2O2S. The Labute approximate surface area is 123 Å². The molecule has 0 aliphatic rings. The lowest BCUT2D eigenvalue weighted by atomic mass is 10.2. The molecule has 1 aromatic rings. The van der Waals surface area contributed by atoms with Crippen molar-refractivity contribution in [1.29, 1.82) is 0 Å². The molecule has 1 rings (SSSR count). The number of nitrogen functional groups attached to an aromatic ring is 1. The summed E-state index contributed by atoms with van der Waals surface area (Å²) in [6.45, 7) is 11.0. The lowest BCUT2D eigenvalue weighted by Crippen LogP contribution is -2.37. The highest BCUT2D eigenvalue weighted by atomic mass is 32.2. The Bertz CT molecular complexity index is 541. The molecule has 0 heterocycles. The number of nitrogens with zero attached hydrogens (tertiary/aromatic N) is 1. The van der Waals surface area contributed by atoms with E-state index in [0.717, 1.165) is 5.56 Å². The quantitative estimate of drug-likeness (QED) is 0.821. The van der Waals surface area contributed by atoms with Gasteiger partial charge in [-0.1, -0.05) is 33.8 Å². The number of sulfonamides is 1. The number of nitrogens with two attached hydrogens (primary N) is 1. The monoisotopic (exact) mass is 298 g/mol. The molecule has 0 bridgehead atoms. The Hall–Kier alpha value is -1.07. The van der Waals surface area contributed by atoms with Crippen molar-refractivity contribution in [3.8, 4) is 0 Å². The van der Waals surface area contributed by atoms with Crippen LogP contribution < -0.4 is 5.73 Å². The van der Waals surface area contributed by atoms with E-state index in [2.05, 4.69) is 0 Å². The van der Waals surface area contributed by atoms with E-state index < -0.39 is 10.0 Å². The minimum Gasteiger partial charge on any atom is -0.398 e. The van der Waals surface area contributed by atoms with Crippen LogP contribution in [0.1, 0.15) is 33.3 Å². The van der Waals surface area contributed by atoms with Crippen molar-refractivity contribution < 1.29 is 8.42 Å². The molecule has 5 heteroatoms. The first-order valence-electron chi connectivity index (χ1n) is 7.01. The normalized spacial score (nSPS) is 12.6. The summed E-state index contributed by atoms with van der Waals surface area (Å²) in [6.07, 6.45) is 0. The first kappa shape index (κ1) is 17.0. The van der Waals surface area contributed by atoms with Crippen molar-refractivity contribution in [3.05, 3.63) is 23.8 Å². The standard InChI is InChI=1S/C15H26N2O2S/c1-11(2)9-17(10-12(3)4)20(18,19)14-7-6-13(5)15(16)8-14/h6-8,11-12H,9-10,16H2,1-5H3. The van der Waals surface area contributed by atoms with E-state index in [1.54, 1.807) is 22.5 Å². The number of benzene rings is 1. The lowest BCUT2D eigenvalue weighted by Gasteiger charge is -2.25. The molecule has 2 N–H and O–H groups in total. The molecule has 0 radical (unpaired) electrons. The van der Waals surface area contributed by atoms with Gasteiger partial charge in [0.25, 0.3) is 0 Å². The fourth-order valence-electron chi connectivity index (χ4n) is 2.01. The third kappa shape index (κ3) is 4.21. The van der Waals surface area contributed by atoms with E-state index in [1.807, 2.05) is 34.6 Å². The van der Waals surface area contributed by atoms with Crippen LogP contribution >= 0.6 is 0 Å². The van der Waals surface area contributed by atoms with Crippen LogP contribution in [0.25, 0.3) is 0 Å². The summed E-state index contributed by atoms with van der Waals surface area (Å²) < 4.78 is 27.0. The Morgan fingerprint density at radius 2 is 1.60 bits per heavy atom. The minimum absolute atomic E-state index is 0.280. The second kappa shape index (κ2) is 6.59. The van der Waals surface area contributed by atoms with E-state index in [9.17, 15) is 8.42 Å². The number of anilines is 1. The molecule has 0 atom stereocenters. The maximum atomic E-state index is 12.7. The van der Waals surface area contributed by atoms with Gasteiger partial charge in [-0.3, -0.25) is 0 Å². The van der Waals surface area contributed by atoms with Gasteiger partial charge in [-0.25, -0.2) is 8.42 Å². The van der Waals surface area contributed by atoms with Gasteiger partial charge in [-0.2, -0.15) is 4.31 Å². The van der Waals surface area contributed by atoms with Gasteiger partial charge in [0.2, 0.25) is 10.0 Å². The van der Waals surface area contributed by atoms with Crippen LogP contribution in [0.3, 0.4) is 0 Å². The highest BCUT2D eigenvalue weighted by Gasteiger charge is 2.26. The maximum absolute atomic E-state index is 12.7. The summed E-state index contributed by atoms with van der Waals surface area (Å²) in [7, 11) is -3.48. The molecule has 0 aliphatic heterocycles. The maximum Gasteiger partial charge on any atom is 0.243 e. The van der Waals surface area contributed by atoms with E-state index in [1.165, 1.54) is 0 Å². The van der Waals surface area contributed by atoms with Gasteiger partial charge in [0.05, 0.1) is 4.90 Å². The van der Waals surface area contributed by atoms with E-state index in [-0.39, 0.29) is 16.7 Å². The Kier molecular flexibility index (Phi) is 5.59. The molecule has 0 aliphatic carbocycles. The van der Waals surface area contributed by atoms with Gasteiger partial charge in [-0.15, -0.1) is 0 Å². The second-order valence-electron chi connectivity index (χ2n) is 6.13. The second-order valence-corrected chi connectivity index (χ2v) is 8.07. The zero-order valence-electron chi connectivity index (χ0n) is 13.1. The molecule has 20 heavy (non-hydrogen) atoms. The molecule has 1 aromatic carbocycles. The molecule has 0 unspecified atom stereocenters. The average Bonchev–Trinajstić information content (AvgIpc) is 2.30. The van der Waals surface area contributed by atoms with Crippen LogP contribution in [-0.4, -0.2) is 25.8 Å². The summed E-state index contributed by atoms with van der Waals surface area (Å²) in [6, 6.07) is 4.94. The summed E-state index contributed by atoms with van der Waals surface area (Å²) in [5, 5.41) is 0. The van der Waals surface area contributed by atoms with E-state index in [4.69, 9.17) is 5.73 Å². The average molecular weight is 298 g/mol. The largest absolute Gasteiger partial charge is 0.398 e. The van der Waals surface area contributed by atoms with Crippen LogP contribution in [0.4, 0.5) is 5.69 Å². The first-order chi connectivity index (χ1) is 9.14. The molecule has 0 fully saturated rings. The minimum atomic E-state index is -3.48. The predicted octanol–water partition coefficient (Wildman–Crippen LogP) is 2.88. The summed E-state index contributed by atoms with van der Waals surface area (Å²) in [5.41, 5.74) is 7.24. The number of aryl methyl sites for hydroxylation is 1. The highest BCUT2D eigenvalue weighted by molar-refractivity contribution is 7.89. The lowest BCUT2D eigenvalue weighted by molar-refractivity contribution is 0.333. The van der Waals surface area contributed by atoms with Crippen LogP contribution in [0, 0.1) is 18.8 Å². The first-order valence-corrected chi connectivity index (χ1v) is 8.45. The topological polar surface area (TPSA) is 63.4 Å². The molecule has 0 saturated carbocycles. The summed E-state index contributed by atoms with van der Waals surface area (Å²) >= 11 is 0. The third-order valence-electron chi connectivity index (χ3n) is 3.03. The molecule has 0 spiro atoms. The zero-order valence-corrected chi connectivity index (χ0v) is 13.9. The zero-order chi connectivity index (χ0) is 15.5. The van der Waals surface area contributed by atoms with Gasteiger partial charge in [0, 0.05) is 18.8 Å². The predicted molar refractivity (Wildman–Crippen MR) is 84.0 cm³/mol. The van der Waals surface area contributed by atoms with Crippen LogP contribution in [0.15, 0.2) is 23.1 Å². The van der Waals surface area contributed by atoms with Crippen molar-refractivity contribution in [2.45, 2.75) is 39.5 Å². The molecule has 0 saturated heterocycles. The Balaban J connectivity index is 3.17. The van der Waals surface area contributed by atoms with Gasteiger partial charge < -0.3 is 5.73 Å². The number of hydrogen-bond donors (Lipinski definition) is 1. The summed E-state index contributed by atoms with van der Waals surface area (Å²) in [4.78, 5) is 0.280. The van der Waals surface area contributed by atoms with Crippen LogP contribution in [0.5, 0.6) is 0 Å². The smallest absolute Gasteiger partial charge is 0.243 e. The van der Waals surface area contributed by atoms with Crippen molar-refractivity contribution in [2.24, 2.45) is 11.8 Å². The molecular weight excluding hydrogens is 272 g/mol. The Morgan fingerprint density at radius 1 is 1.10 bits per heavy atom. The fourth-order valence-corrected chi connectivity index (χ4v) is 3.82. The van der Waals surface area contributed by atoms with Gasteiger partial charge in [-0.05, 0) is 36.5 Å². The van der Waals surface area contributed by atoms with Gasteiger partial charge in [0.1, 0.15) is 0 Å². The summed E-state index contributed by atoms with van der Waals surface area (Å²) in [5.74, 6) is 0.567. The highest BCUT2D eigenvalue weighted by Crippen LogP contribution is 2.22. The fraction of sp³-hybridized carbons (Fsp3) is 0.600. The number of rotatable bonds is 6. The third-order valence-corrected chi connectivity index (χ3v) is 4.85. The van der Waals surface area contributed by atoms with E-state index in [0.29, 0.717) is 18.8 Å². The van der Waals surface area contributed by atoms with Crippen molar-refractivity contribution in [1.82, 2.24) is 4.31 Å². The van der Waals surface area contributed by atoms with Gasteiger partial charge in [0.15, 0.2) is 0 Å². The number of hydrogen-bond acceptors (Lipinski definition) is 3. The Morgan fingerprint density at radius 3 is 2.00 bits per heavy atom. The van der Waals surface area contributed by atoms with Crippen molar-refractivity contribution >= 4 is 15.7 Å². The van der Waals surface area contributed by atoms with Gasteiger partial charge >= 0.3 is 0 Å². The van der Waals surface area contributed by atoms with Crippen LogP contribution in [-0.2, 0) is 10.0 Å². The molecule has 0 amide bonds. The molecule has 114 valence electrons. The molecule has 4 nitrogen and oxygen atoms in total. The van der Waals surface area contributed by atoms with Crippen LogP contribution in [0.2, 0.25) is 0 Å².